The van der Waals surface area contributed by atoms with Crippen molar-refractivity contribution in [3.8, 4) is 5.75 Å². The van der Waals surface area contributed by atoms with Gasteiger partial charge in [0, 0.05) is 5.56 Å². The number of amides is 1. The number of aliphatic hydroxyl groups is 1. The first-order chi connectivity index (χ1) is 14.5. The van der Waals surface area contributed by atoms with Crippen LogP contribution >= 0.6 is 23.1 Å². The summed E-state index contributed by atoms with van der Waals surface area (Å²) in [4.78, 5) is 27.3. The van der Waals surface area contributed by atoms with E-state index in [1.165, 1.54) is 35.1 Å². The van der Waals surface area contributed by atoms with Gasteiger partial charge >= 0.3 is 5.91 Å². The number of Topliss-reactive ketones (excluding diaryl/α,β-unsaturated/α-hetero) is 1. The van der Waals surface area contributed by atoms with E-state index >= 15 is 0 Å². The van der Waals surface area contributed by atoms with Gasteiger partial charge in [0.2, 0.25) is 5.13 Å². The molecule has 30 heavy (non-hydrogen) atoms. The van der Waals surface area contributed by atoms with E-state index in [0.29, 0.717) is 26.3 Å². The molecule has 1 saturated heterocycles. The molecule has 4 rings (SSSR count). The van der Waals surface area contributed by atoms with Crippen LogP contribution in [-0.2, 0) is 9.59 Å². The third-order valence-corrected chi connectivity index (χ3v) is 6.58. The Morgan fingerprint density at radius 3 is 2.57 bits per heavy atom. The first kappa shape index (κ1) is 20.1. The van der Waals surface area contributed by atoms with E-state index < -0.39 is 17.7 Å². The second-order valence-electron chi connectivity index (χ2n) is 6.37. The number of benzene rings is 2. The highest BCUT2D eigenvalue weighted by atomic mass is 32.2. The van der Waals surface area contributed by atoms with E-state index in [2.05, 4.69) is 10.2 Å². The summed E-state index contributed by atoms with van der Waals surface area (Å²) >= 11 is 2.61. The molecule has 7 nitrogen and oxygen atoms in total. The van der Waals surface area contributed by atoms with Crippen LogP contribution in [-0.4, -0.2) is 40.4 Å². The monoisotopic (exact) mass is 439 g/mol. The van der Waals surface area contributed by atoms with Gasteiger partial charge < -0.3 is 9.84 Å². The van der Waals surface area contributed by atoms with Crippen molar-refractivity contribution in [3.63, 3.8) is 0 Å². The maximum absolute atomic E-state index is 13.0. The van der Waals surface area contributed by atoms with Crippen LogP contribution in [0.2, 0.25) is 0 Å². The highest BCUT2D eigenvalue weighted by Crippen LogP contribution is 2.44. The normalized spacial score (nSPS) is 18.1. The van der Waals surface area contributed by atoms with E-state index in [-0.39, 0.29) is 11.3 Å². The van der Waals surface area contributed by atoms with Crippen molar-refractivity contribution in [3.05, 3.63) is 71.3 Å². The fourth-order valence-electron chi connectivity index (χ4n) is 3.29. The molecule has 152 valence electrons. The number of nitrogens with zero attached hydrogens (tertiary/aromatic N) is 3. The Labute approximate surface area is 181 Å². The second-order valence-corrected chi connectivity index (χ2v) is 8.38. The molecular weight excluding hydrogens is 422 g/mol. The summed E-state index contributed by atoms with van der Waals surface area (Å²) in [5.74, 6) is -1.20. The Hall–Kier alpha value is -3.17. The molecule has 1 aromatic heterocycles. The maximum atomic E-state index is 13.0. The van der Waals surface area contributed by atoms with Gasteiger partial charge in [0.05, 0.1) is 18.7 Å². The van der Waals surface area contributed by atoms with Crippen molar-refractivity contribution in [2.24, 2.45) is 0 Å². The predicted octanol–water partition coefficient (Wildman–Crippen LogP) is 3.89. The Morgan fingerprint density at radius 2 is 1.90 bits per heavy atom. The molecule has 1 atom stereocenters. The lowest BCUT2D eigenvalue weighted by Gasteiger charge is -2.22. The number of thioether (sulfide) groups is 1. The molecule has 9 heteroatoms. The predicted molar refractivity (Wildman–Crippen MR) is 116 cm³/mol. The van der Waals surface area contributed by atoms with Gasteiger partial charge in [-0.25, -0.2) is 0 Å². The molecule has 1 N–H and O–H groups in total. The average molecular weight is 440 g/mol. The third kappa shape index (κ3) is 3.46. The minimum atomic E-state index is -0.858. The fourth-order valence-corrected chi connectivity index (χ4v) is 4.58. The van der Waals surface area contributed by atoms with Gasteiger partial charge in [-0.05, 0) is 24.0 Å². The van der Waals surface area contributed by atoms with E-state index in [1.54, 1.807) is 54.6 Å². The molecule has 0 aliphatic carbocycles. The Balaban J connectivity index is 1.94. The van der Waals surface area contributed by atoms with Gasteiger partial charge in [-0.2, -0.15) is 0 Å². The molecule has 0 bridgehead atoms. The van der Waals surface area contributed by atoms with Gasteiger partial charge in [-0.1, -0.05) is 65.6 Å². The Kier molecular flexibility index (Phi) is 5.56. The number of methoxy groups -OCH3 is 1. The highest BCUT2D eigenvalue weighted by Gasteiger charge is 2.48. The van der Waals surface area contributed by atoms with Crippen LogP contribution in [0.4, 0.5) is 5.13 Å². The van der Waals surface area contributed by atoms with Crippen LogP contribution in [0.25, 0.3) is 5.76 Å². The quantitative estimate of drug-likeness (QED) is 0.212. The number of ether oxygens (including phenoxy) is 1. The van der Waals surface area contributed by atoms with E-state index in [4.69, 9.17) is 4.74 Å². The van der Waals surface area contributed by atoms with Crippen LogP contribution in [0.3, 0.4) is 0 Å². The van der Waals surface area contributed by atoms with E-state index in [0.717, 1.165) is 0 Å². The number of hydrogen-bond acceptors (Lipinski definition) is 8. The van der Waals surface area contributed by atoms with Gasteiger partial charge in [0.1, 0.15) is 11.5 Å². The van der Waals surface area contributed by atoms with Crippen molar-refractivity contribution in [2.75, 3.05) is 18.3 Å². The van der Waals surface area contributed by atoms with Crippen LogP contribution in [0, 0.1) is 0 Å². The zero-order valence-corrected chi connectivity index (χ0v) is 17.7. The number of rotatable bonds is 5. The molecule has 1 fully saturated rings. The summed E-state index contributed by atoms with van der Waals surface area (Å²) in [6, 6.07) is 14.9. The number of carbonyl (C=O) groups is 2. The zero-order chi connectivity index (χ0) is 21.3. The number of aromatic nitrogens is 2. The maximum Gasteiger partial charge on any atom is 0.301 e. The van der Waals surface area contributed by atoms with Crippen molar-refractivity contribution < 1.29 is 19.4 Å². The number of ketones is 1. The van der Waals surface area contributed by atoms with Gasteiger partial charge in [-0.3, -0.25) is 14.5 Å². The number of anilines is 1. The Bertz CT molecular complexity index is 1140. The second kappa shape index (κ2) is 8.29. The van der Waals surface area contributed by atoms with Gasteiger partial charge in [0.25, 0.3) is 5.78 Å². The molecule has 0 radical (unpaired) electrons. The topological polar surface area (TPSA) is 92.6 Å². The van der Waals surface area contributed by atoms with Crippen molar-refractivity contribution in [1.29, 1.82) is 0 Å². The molecule has 1 amide bonds. The zero-order valence-electron chi connectivity index (χ0n) is 16.1. The molecule has 0 saturated carbocycles. The number of carbonyl (C=O) groups excluding carboxylic acids is 2. The Morgan fingerprint density at radius 1 is 1.13 bits per heavy atom. The number of hydrogen-bond donors (Lipinski definition) is 1. The summed E-state index contributed by atoms with van der Waals surface area (Å²) in [5.41, 5.74) is 1.07. The summed E-state index contributed by atoms with van der Waals surface area (Å²) in [7, 11) is 1.54. The van der Waals surface area contributed by atoms with Crippen molar-refractivity contribution in [1.82, 2.24) is 10.2 Å². The lowest BCUT2D eigenvalue weighted by Crippen LogP contribution is -2.29. The van der Waals surface area contributed by atoms with Gasteiger partial charge in [0.15, 0.2) is 4.34 Å². The summed E-state index contributed by atoms with van der Waals surface area (Å²) < 4.78 is 5.98. The molecule has 1 unspecified atom stereocenters. The van der Waals surface area contributed by atoms with Crippen LogP contribution < -0.4 is 9.64 Å². The van der Waals surface area contributed by atoms with Crippen molar-refractivity contribution in [2.45, 2.75) is 10.4 Å². The van der Waals surface area contributed by atoms with Crippen LogP contribution in [0.5, 0.6) is 5.75 Å². The molecular formula is C21H17N3O4S2. The van der Waals surface area contributed by atoms with Crippen LogP contribution in [0.15, 0.2) is 64.5 Å². The molecule has 2 aromatic carbocycles. The van der Waals surface area contributed by atoms with E-state index in [9.17, 15) is 14.7 Å². The SMILES string of the molecule is COc1cccc(C2/C(=C(\O)c3ccccc3)C(=O)C(=O)N2c2nnc(SC)s2)c1. The van der Waals surface area contributed by atoms with Crippen LogP contribution in [0.1, 0.15) is 17.2 Å². The minimum absolute atomic E-state index is 0.000328. The smallest absolute Gasteiger partial charge is 0.301 e. The summed E-state index contributed by atoms with van der Waals surface area (Å²) in [6.45, 7) is 0. The summed E-state index contributed by atoms with van der Waals surface area (Å²) in [6.07, 6.45) is 1.85. The molecule has 0 spiro atoms. The lowest BCUT2D eigenvalue weighted by molar-refractivity contribution is -0.132. The molecule has 1 aliphatic rings. The number of aliphatic hydroxyl groups excluding tert-OH is 1. The minimum Gasteiger partial charge on any atom is -0.507 e. The largest absolute Gasteiger partial charge is 0.507 e. The summed E-state index contributed by atoms with van der Waals surface area (Å²) in [5, 5.41) is 19.4. The van der Waals surface area contributed by atoms with Crippen molar-refractivity contribution >= 4 is 45.7 Å². The van der Waals surface area contributed by atoms with E-state index in [1.807, 2.05) is 6.26 Å². The first-order valence-corrected chi connectivity index (χ1v) is 11.0. The highest BCUT2D eigenvalue weighted by molar-refractivity contribution is 8.00. The average Bonchev–Trinajstić information content (AvgIpc) is 3.36. The first-order valence-electron chi connectivity index (χ1n) is 8.93. The molecule has 1 aliphatic heterocycles. The fraction of sp³-hybridized carbons (Fsp3) is 0.143. The third-order valence-electron chi connectivity index (χ3n) is 4.68. The molecule has 3 aromatic rings. The molecule has 2 heterocycles. The standard InChI is InChI=1S/C21H17N3O4S2/c1-28-14-10-6-9-13(11-14)16-15(17(25)12-7-4-3-5-8-12)18(26)19(27)24(16)20-22-23-21(29-2)30-20/h3-11,16,25H,1-2H3/b17-15+. The van der Waals surface area contributed by atoms with Gasteiger partial charge in [-0.15, -0.1) is 10.2 Å². The lowest BCUT2D eigenvalue weighted by atomic mass is 9.95.